The van der Waals surface area contributed by atoms with E-state index in [4.69, 9.17) is 23.2 Å². The summed E-state index contributed by atoms with van der Waals surface area (Å²) in [5, 5.41) is 0.784. The summed E-state index contributed by atoms with van der Waals surface area (Å²) in [4.78, 5) is 8.59. The molecule has 2 atom stereocenters. The molecule has 1 aliphatic heterocycles. The van der Waals surface area contributed by atoms with Crippen LogP contribution in [0.4, 0.5) is 0 Å². The van der Waals surface area contributed by atoms with E-state index in [9.17, 15) is 0 Å². The largest absolute Gasteiger partial charge is 0.319 e. The molecule has 2 unspecified atom stereocenters. The number of halogens is 2. The number of alkyl halides is 1. The third-order valence-electron chi connectivity index (χ3n) is 3.04. The third-order valence-corrected chi connectivity index (χ3v) is 6.44. The van der Waals surface area contributed by atoms with Crippen molar-refractivity contribution in [2.75, 3.05) is 12.3 Å². The van der Waals surface area contributed by atoms with Crippen LogP contribution in [0.5, 0.6) is 0 Å². The summed E-state index contributed by atoms with van der Waals surface area (Å²) >= 11 is 16.1. The molecule has 0 radical (unpaired) electrons. The number of aliphatic imine (C=N–C) groups is 1. The molecule has 1 aromatic heterocycles. The Morgan fingerprint density at radius 3 is 2.71 bits per heavy atom. The predicted molar refractivity (Wildman–Crippen MR) is 93.7 cm³/mol. The first-order valence-electron chi connectivity index (χ1n) is 6.45. The lowest BCUT2D eigenvalue weighted by atomic mass is 10.1. The molecule has 21 heavy (non-hydrogen) atoms. The van der Waals surface area contributed by atoms with E-state index in [2.05, 4.69) is 9.98 Å². The van der Waals surface area contributed by atoms with Crippen LogP contribution in [0.2, 0.25) is 5.02 Å². The fourth-order valence-electron chi connectivity index (χ4n) is 2.00. The SMILES string of the molecule is Clc1ccc(C(SC2=NCCS2)C(Cl)n2ccnc2)cc1. The number of thioether (sulfide) groups is 2. The van der Waals surface area contributed by atoms with Gasteiger partial charge in [0.05, 0.1) is 18.1 Å². The minimum Gasteiger partial charge on any atom is -0.319 e. The van der Waals surface area contributed by atoms with Gasteiger partial charge in [-0.05, 0) is 17.7 Å². The maximum atomic E-state index is 6.67. The molecule has 0 bridgehead atoms. The Morgan fingerprint density at radius 2 is 2.10 bits per heavy atom. The number of benzene rings is 1. The monoisotopic (exact) mass is 357 g/mol. The van der Waals surface area contributed by atoms with Gasteiger partial charge in [-0.2, -0.15) is 0 Å². The first-order chi connectivity index (χ1) is 10.2. The molecule has 1 aliphatic rings. The zero-order chi connectivity index (χ0) is 14.7. The van der Waals surface area contributed by atoms with Gasteiger partial charge in [-0.1, -0.05) is 58.9 Å². The summed E-state index contributed by atoms with van der Waals surface area (Å²) in [6.45, 7) is 0.887. The first-order valence-corrected chi connectivity index (χ1v) is 9.13. The summed E-state index contributed by atoms with van der Waals surface area (Å²) in [6.07, 6.45) is 5.36. The summed E-state index contributed by atoms with van der Waals surface area (Å²) in [5.41, 5.74) is 0.899. The Hall–Kier alpha value is -0.620. The van der Waals surface area contributed by atoms with Crippen LogP contribution < -0.4 is 0 Å². The zero-order valence-corrected chi connectivity index (χ0v) is 14.2. The summed E-state index contributed by atoms with van der Waals surface area (Å²) < 4.78 is 3.01. The Balaban J connectivity index is 1.88. The molecular weight excluding hydrogens is 345 g/mol. The van der Waals surface area contributed by atoms with E-state index in [0.29, 0.717) is 0 Å². The standard InChI is InChI=1S/C14H13Cl2N3S2/c15-11-3-1-10(2-4-11)12(21-14-18-6-8-20-14)13(16)19-7-5-17-9-19/h1-5,7,9,12-13H,6,8H2. The smallest absolute Gasteiger partial charge is 0.125 e. The highest BCUT2D eigenvalue weighted by atomic mass is 35.5. The predicted octanol–water partition coefficient (Wildman–Crippen LogP) is 4.85. The molecule has 0 saturated carbocycles. The van der Waals surface area contributed by atoms with Crippen molar-refractivity contribution in [3.63, 3.8) is 0 Å². The number of rotatable bonds is 4. The Labute approximate surface area is 142 Å². The molecule has 0 saturated heterocycles. The van der Waals surface area contributed by atoms with Gasteiger partial charge in [0.1, 0.15) is 9.88 Å². The summed E-state index contributed by atoms with van der Waals surface area (Å²) in [6, 6.07) is 7.83. The molecular formula is C14H13Cl2N3S2. The van der Waals surface area contributed by atoms with E-state index in [1.807, 2.05) is 35.0 Å². The summed E-state index contributed by atoms with van der Waals surface area (Å²) in [5.74, 6) is 1.05. The van der Waals surface area contributed by atoms with E-state index >= 15 is 0 Å². The van der Waals surface area contributed by atoms with Crippen LogP contribution in [0, 0.1) is 0 Å². The van der Waals surface area contributed by atoms with Crippen LogP contribution in [0.25, 0.3) is 0 Å². The highest BCUT2D eigenvalue weighted by molar-refractivity contribution is 8.39. The average Bonchev–Trinajstić information content (AvgIpc) is 3.18. The van der Waals surface area contributed by atoms with Crippen LogP contribution in [0.3, 0.4) is 0 Å². The Morgan fingerprint density at radius 1 is 1.29 bits per heavy atom. The van der Waals surface area contributed by atoms with Gasteiger partial charge in [-0.15, -0.1) is 0 Å². The Bertz CT molecular complexity index is 614. The molecule has 2 aromatic rings. The Kier molecular flexibility index (Phi) is 5.16. The van der Waals surface area contributed by atoms with Gasteiger partial charge in [0, 0.05) is 23.2 Å². The fraction of sp³-hybridized carbons (Fsp3) is 0.286. The van der Waals surface area contributed by atoms with Gasteiger partial charge in [0.25, 0.3) is 0 Å². The molecule has 3 rings (SSSR count). The molecule has 0 fully saturated rings. The molecule has 0 amide bonds. The van der Waals surface area contributed by atoms with Gasteiger partial charge in [-0.3, -0.25) is 4.99 Å². The minimum atomic E-state index is -0.234. The lowest BCUT2D eigenvalue weighted by Gasteiger charge is -2.23. The van der Waals surface area contributed by atoms with Crippen LogP contribution in [0.1, 0.15) is 16.3 Å². The third kappa shape index (κ3) is 3.77. The van der Waals surface area contributed by atoms with Crippen molar-refractivity contribution < 1.29 is 0 Å². The molecule has 0 aliphatic carbocycles. The highest BCUT2D eigenvalue weighted by Gasteiger charge is 2.26. The van der Waals surface area contributed by atoms with Crippen molar-refractivity contribution in [2.45, 2.75) is 10.8 Å². The van der Waals surface area contributed by atoms with Gasteiger partial charge < -0.3 is 4.57 Å². The number of aromatic nitrogens is 2. The molecule has 0 N–H and O–H groups in total. The molecule has 7 heteroatoms. The molecule has 110 valence electrons. The van der Waals surface area contributed by atoms with E-state index < -0.39 is 0 Å². The highest BCUT2D eigenvalue weighted by Crippen LogP contribution is 2.44. The minimum absolute atomic E-state index is 0.0579. The van der Waals surface area contributed by atoms with E-state index in [1.54, 1.807) is 36.0 Å². The van der Waals surface area contributed by atoms with Crippen molar-refractivity contribution in [1.82, 2.24) is 9.55 Å². The van der Waals surface area contributed by atoms with Crippen LogP contribution >= 0.6 is 46.7 Å². The number of nitrogens with zero attached hydrogens (tertiary/aromatic N) is 3. The van der Waals surface area contributed by atoms with Crippen LogP contribution in [-0.4, -0.2) is 26.2 Å². The van der Waals surface area contributed by atoms with E-state index in [0.717, 1.165) is 27.3 Å². The molecule has 1 aromatic carbocycles. The summed E-state index contributed by atoms with van der Waals surface area (Å²) in [7, 11) is 0. The second kappa shape index (κ2) is 7.09. The van der Waals surface area contributed by atoms with Crippen molar-refractivity contribution in [3.8, 4) is 0 Å². The quantitative estimate of drug-likeness (QED) is 0.732. The number of hydrogen-bond donors (Lipinski definition) is 0. The normalized spacial score (nSPS) is 17.5. The van der Waals surface area contributed by atoms with Crippen molar-refractivity contribution in [2.24, 2.45) is 4.99 Å². The topological polar surface area (TPSA) is 30.2 Å². The second-order valence-electron chi connectivity index (χ2n) is 4.47. The van der Waals surface area contributed by atoms with Crippen LogP contribution in [0.15, 0.2) is 48.0 Å². The maximum absolute atomic E-state index is 6.67. The van der Waals surface area contributed by atoms with Gasteiger partial charge in [0.2, 0.25) is 0 Å². The molecule has 0 spiro atoms. The van der Waals surface area contributed by atoms with Gasteiger partial charge >= 0.3 is 0 Å². The molecule has 3 nitrogen and oxygen atoms in total. The van der Waals surface area contributed by atoms with E-state index in [1.165, 1.54) is 0 Å². The van der Waals surface area contributed by atoms with Crippen molar-refractivity contribution >= 4 is 51.1 Å². The number of imidazole rings is 1. The number of hydrogen-bond acceptors (Lipinski definition) is 4. The lowest BCUT2D eigenvalue weighted by molar-refractivity contribution is 0.653. The average molecular weight is 358 g/mol. The van der Waals surface area contributed by atoms with Gasteiger partial charge in [0.15, 0.2) is 0 Å². The second-order valence-corrected chi connectivity index (χ2v) is 7.82. The van der Waals surface area contributed by atoms with Gasteiger partial charge in [-0.25, -0.2) is 4.98 Å². The van der Waals surface area contributed by atoms with Crippen LogP contribution in [-0.2, 0) is 0 Å². The first kappa shape index (κ1) is 15.3. The van der Waals surface area contributed by atoms with E-state index in [-0.39, 0.29) is 10.8 Å². The van der Waals surface area contributed by atoms with Crippen molar-refractivity contribution in [3.05, 3.63) is 53.6 Å². The lowest BCUT2D eigenvalue weighted by Crippen LogP contribution is -2.10. The van der Waals surface area contributed by atoms with Crippen molar-refractivity contribution in [1.29, 1.82) is 0 Å². The molecule has 2 heterocycles. The zero-order valence-electron chi connectivity index (χ0n) is 11.0. The fourth-order valence-corrected chi connectivity index (χ4v) is 4.85. The maximum Gasteiger partial charge on any atom is 0.125 e.